The summed E-state index contributed by atoms with van der Waals surface area (Å²) in [5.41, 5.74) is 1.25. The first-order chi connectivity index (χ1) is 6.76. The van der Waals surface area contributed by atoms with E-state index >= 15 is 0 Å². The molecule has 1 nitrogen and oxygen atoms in total. The summed E-state index contributed by atoms with van der Waals surface area (Å²) in [5, 5.41) is 11.2. The van der Waals surface area contributed by atoms with Gasteiger partial charge in [-0.25, -0.2) is 0 Å². The van der Waals surface area contributed by atoms with Crippen LogP contribution in [0.2, 0.25) is 0 Å². The molecule has 0 bridgehead atoms. The SMILES string of the molecule is OCc1sc2ccc(CBr)cc2c1Br. The second kappa shape index (κ2) is 4.31. The Hall–Kier alpha value is 0.1000. The molecule has 0 unspecified atom stereocenters. The highest BCUT2D eigenvalue weighted by molar-refractivity contribution is 9.10. The van der Waals surface area contributed by atoms with Crippen molar-refractivity contribution in [2.45, 2.75) is 11.9 Å². The minimum atomic E-state index is 0.101. The predicted molar refractivity (Wildman–Crippen MR) is 68.1 cm³/mol. The van der Waals surface area contributed by atoms with Crippen LogP contribution in [0.15, 0.2) is 22.7 Å². The van der Waals surface area contributed by atoms with Crippen LogP contribution >= 0.6 is 43.2 Å². The highest BCUT2D eigenvalue weighted by atomic mass is 79.9. The first-order valence-electron chi connectivity index (χ1n) is 4.13. The third-order valence-corrected chi connectivity index (χ3v) is 5.03. The van der Waals surface area contributed by atoms with Crippen LogP contribution < -0.4 is 0 Å². The van der Waals surface area contributed by atoms with E-state index in [0.717, 1.165) is 14.7 Å². The molecule has 0 spiro atoms. The standard InChI is InChI=1S/C10H8Br2OS/c11-4-6-1-2-8-7(3-6)10(12)9(5-13)14-8/h1-3,13H,4-5H2. The van der Waals surface area contributed by atoms with E-state index in [-0.39, 0.29) is 6.61 Å². The van der Waals surface area contributed by atoms with E-state index in [2.05, 4.69) is 50.1 Å². The number of fused-ring (bicyclic) bond motifs is 1. The van der Waals surface area contributed by atoms with E-state index in [1.165, 1.54) is 15.6 Å². The van der Waals surface area contributed by atoms with Gasteiger partial charge < -0.3 is 5.11 Å². The maximum absolute atomic E-state index is 9.12. The van der Waals surface area contributed by atoms with Crippen LogP contribution in [0.4, 0.5) is 0 Å². The fourth-order valence-corrected chi connectivity index (χ4v) is 3.46. The molecule has 0 atom stereocenters. The first-order valence-corrected chi connectivity index (χ1v) is 6.86. The summed E-state index contributed by atoms with van der Waals surface area (Å²) >= 11 is 8.57. The van der Waals surface area contributed by atoms with Crippen LogP contribution in [-0.4, -0.2) is 5.11 Å². The van der Waals surface area contributed by atoms with Gasteiger partial charge in [-0.3, -0.25) is 0 Å². The molecular formula is C10H8Br2OS. The van der Waals surface area contributed by atoms with Gasteiger partial charge in [0.25, 0.3) is 0 Å². The maximum Gasteiger partial charge on any atom is 0.0786 e. The average Bonchev–Trinajstić information content (AvgIpc) is 2.55. The van der Waals surface area contributed by atoms with Gasteiger partial charge in [0.2, 0.25) is 0 Å². The highest BCUT2D eigenvalue weighted by Gasteiger charge is 2.08. The maximum atomic E-state index is 9.12. The number of rotatable bonds is 2. The number of hydrogen-bond acceptors (Lipinski definition) is 2. The number of alkyl halides is 1. The summed E-state index contributed by atoms with van der Waals surface area (Å²) in [5.74, 6) is 0. The molecule has 4 heteroatoms. The van der Waals surface area contributed by atoms with Gasteiger partial charge >= 0.3 is 0 Å². The zero-order chi connectivity index (χ0) is 10.1. The van der Waals surface area contributed by atoms with Crippen LogP contribution in [-0.2, 0) is 11.9 Å². The third kappa shape index (κ3) is 1.76. The quantitative estimate of drug-likeness (QED) is 0.821. The highest BCUT2D eigenvalue weighted by Crippen LogP contribution is 2.36. The van der Waals surface area contributed by atoms with Gasteiger partial charge in [-0.15, -0.1) is 11.3 Å². The molecule has 1 aromatic carbocycles. The number of thiophene rings is 1. The Morgan fingerprint density at radius 2 is 2.14 bits per heavy atom. The average molecular weight is 336 g/mol. The van der Waals surface area contributed by atoms with Crippen LogP contribution in [0.3, 0.4) is 0 Å². The zero-order valence-electron chi connectivity index (χ0n) is 7.26. The molecule has 0 fully saturated rings. The van der Waals surface area contributed by atoms with Crippen molar-refractivity contribution < 1.29 is 5.11 Å². The van der Waals surface area contributed by atoms with E-state index < -0.39 is 0 Å². The van der Waals surface area contributed by atoms with Gasteiger partial charge in [0, 0.05) is 24.8 Å². The molecule has 0 aliphatic rings. The summed E-state index contributed by atoms with van der Waals surface area (Å²) in [6.07, 6.45) is 0. The fourth-order valence-electron chi connectivity index (χ4n) is 1.35. The second-order valence-electron chi connectivity index (χ2n) is 2.96. The minimum absolute atomic E-state index is 0.101. The van der Waals surface area contributed by atoms with E-state index in [1.807, 2.05) is 0 Å². The molecule has 74 valence electrons. The van der Waals surface area contributed by atoms with Crippen molar-refractivity contribution in [3.8, 4) is 0 Å². The lowest BCUT2D eigenvalue weighted by Crippen LogP contribution is -1.77. The van der Waals surface area contributed by atoms with Crippen molar-refractivity contribution in [2.75, 3.05) is 0 Å². The molecule has 14 heavy (non-hydrogen) atoms. The molecular weight excluding hydrogens is 328 g/mol. The minimum Gasteiger partial charge on any atom is -0.391 e. The van der Waals surface area contributed by atoms with E-state index in [9.17, 15) is 0 Å². The van der Waals surface area contributed by atoms with Crippen molar-refractivity contribution in [3.63, 3.8) is 0 Å². The monoisotopic (exact) mass is 334 g/mol. The molecule has 0 saturated heterocycles. The number of aliphatic hydroxyl groups excluding tert-OH is 1. The van der Waals surface area contributed by atoms with Gasteiger partial charge in [-0.2, -0.15) is 0 Å². The van der Waals surface area contributed by atoms with E-state index in [1.54, 1.807) is 11.3 Å². The number of halogens is 2. The topological polar surface area (TPSA) is 20.2 Å². The zero-order valence-corrected chi connectivity index (χ0v) is 11.2. The molecule has 1 heterocycles. The summed E-state index contributed by atoms with van der Waals surface area (Å²) in [4.78, 5) is 0.992. The van der Waals surface area contributed by atoms with Gasteiger partial charge in [0.15, 0.2) is 0 Å². The molecule has 0 radical (unpaired) electrons. The molecule has 2 aromatic rings. The normalized spacial score (nSPS) is 11.1. The van der Waals surface area contributed by atoms with Gasteiger partial charge in [0.05, 0.1) is 6.61 Å². The summed E-state index contributed by atoms with van der Waals surface area (Å²) in [6, 6.07) is 6.34. The molecule has 1 aromatic heterocycles. The molecule has 1 N–H and O–H groups in total. The molecule has 2 rings (SSSR count). The Balaban J connectivity index is 2.68. The molecule has 0 amide bonds. The molecule has 0 saturated carbocycles. The summed E-state index contributed by atoms with van der Waals surface area (Å²) in [7, 11) is 0. The van der Waals surface area contributed by atoms with Crippen molar-refractivity contribution in [1.29, 1.82) is 0 Å². The number of hydrogen-bond donors (Lipinski definition) is 1. The lowest BCUT2D eigenvalue weighted by Gasteiger charge is -1.95. The first kappa shape index (κ1) is 10.6. The van der Waals surface area contributed by atoms with E-state index in [4.69, 9.17) is 5.11 Å². The predicted octanol–water partition coefficient (Wildman–Crippen LogP) is 4.05. The summed E-state index contributed by atoms with van der Waals surface area (Å²) < 4.78 is 2.24. The van der Waals surface area contributed by atoms with Crippen LogP contribution in [0.25, 0.3) is 10.1 Å². The van der Waals surface area contributed by atoms with Gasteiger partial charge in [-0.05, 0) is 33.6 Å². The van der Waals surface area contributed by atoms with Crippen LogP contribution in [0.5, 0.6) is 0 Å². The lowest BCUT2D eigenvalue weighted by molar-refractivity contribution is 0.285. The van der Waals surface area contributed by atoms with E-state index in [0.29, 0.717) is 0 Å². The molecule has 0 aliphatic carbocycles. The van der Waals surface area contributed by atoms with Gasteiger partial charge in [0.1, 0.15) is 0 Å². The van der Waals surface area contributed by atoms with Crippen molar-refractivity contribution in [3.05, 3.63) is 33.1 Å². The fraction of sp³-hybridized carbons (Fsp3) is 0.200. The van der Waals surface area contributed by atoms with Crippen molar-refractivity contribution >= 4 is 53.3 Å². The smallest absolute Gasteiger partial charge is 0.0786 e. The number of aliphatic hydroxyl groups is 1. The largest absolute Gasteiger partial charge is 0.391 e. The Bertz CT molecular complexity index is 464. The van der Waals surface area contributed by atoms with Crippen LogP contribution in [0, 0.1) is 0 Å². The Morgan fingerprint density at radius 1 is 1.36 bits per heavy atom. The molecule has 0 aliphatic heterocycles. The van der Waals surface area contributed by atoms with Crippen LogP contribution in [0.1, 0.15) is 10.4 Å². The third-order valence-electron chi connectivity index (χ3n) is 2.06. The van der Waals surface area contributed by atoms with Crippen molar-refractivity contribution in [1.82, 2.24) is 0 Å². The Morgan fingerprint density at radius 3 is 2.79 bits per heavy atom. The van der Waals surface area contributed by atoms with Crippen molar-refractivity contribution in [2.24, 2.45) is 0 Å². The number of benzene rings is 1. The lowest BCUT2D eigenvalue weighted by atomic mass is 10.2. The Kier molecular flexibility index (Phi) is 3.27. The van der Waals surface area contributed by atoms with Gasteiger partial charge in [-0.1, -0.05) is 22.0 Å². The second-order valence-corrected chi connectivity index (χ2v) is 5.45. The summed E-state index contributed by atoms with van der Waals surface area (Å²) in [6.45, 7) is 0.101. The Labute approximate surface area is 103 Å².